The predicted molar refractivity (Wildman–Crippen MR) is 143 cm³/mol. The lowest BCUT2D eigenvalue weighted by Gasteiger charge is -2.13. The molecule has 0 unspecified atom stereocenters. The van der Waals surface area contributed by atoms with Crippen LogP contribution >= 0.6 is 50.7 Å². The lowest BCUT2D eigenvalue weighted by Crippen LogP contribution is -2.36. The van der Waals surface area contributed by atoms with Gasteiger partial charge in [0, 0.05) is 25.6 Å². The van der Waals surface area contributed by atoms with Crippen molar-refractivity contribution in [2.45, 2.75) is 6.92 Å². The van der Waals surface area contributed by atoms with Crippen LogP contribution in [0.2, 0.25) is 15.1 Å². The average molecular weight is 595 g/mol. The molecule has 0 saturated carbocycles. The zero-order valence-electron chi connectivity index (χ0n) is 18.0. The van der Waals surface area contributed by atoms with Crippen LogP contribution < -0.4 is 16.1 Å². The highest BCUT2D eigenvalue weighted by Gasteiger charge is 2.22. The third kappa shape index (κ3) is 5.62. The lowest BCUT2D eigenvalue weighted by molar-refractivity contribution is -0.133. The third-order valence-electron chi connectivity index (χ3n) is 5.02. The van der Waals surface area contributed by atoms with Gasteiger partial charge in [-0.2, -0.15) is 0 Å². The molecule has 35 heavy (non-hydrogen) atoms. The third-order valence-corrected chi connectivity index (χ3v) is 6.47. The molecule has 0 aliphatic rings. The van der Waals surface area contributed by atoms with E-state index in [9.17, 15) is 14.4 Å². The molecular formula is C24H16BrCl3N4O3. The number of carbonyl (C=O) groups is 3. The Balaban J connectivity index is 1.63. The van der Waals surface area contributed by atoms with Crippen LogP contribution in [0, 0.1) is 6.92 Å². The monoisotopic (exact) mass is 592 g/mol. The molecule has 3 N–H and O–H groups in total. The van der Waals surface area contributed by atoms with E-state index in [1.807, 2.05) is 6.92 Å². The smallest absolute Gasteiger partial charge is 0.319 e. The Morgan fingerprint density at radius 1 is 0.829 bits per heavy atom. The highest BCUT2D eigenvalue weighted by molar-refractivity contribution is 9.10. The molecule has 178 valence electrons. The van der Waals surface area contributed by atoms with Crippen LogP contribution in [0.3, 0.4) is 0 Å². The quantitative estimate of drug-likeness (QED) is 0.232. The molecule has 0 bridgehead atoms. The first kappa shape index (κ1) is 25.1. The van der Waals surface area contributed by atoms with Crippen LogP contribution in [-0.4, -0.2) is 22.4 Å². The second kappa shape index (κ2) is 10.3. The van der Waals surface area contributed by atoms with Gasteiger partial charge in [-0.05, 0) is 67.1 Å². The summed E-state index contributed by atoms with van der Waals surface area (Å²) in [5.74, 6) is -2.48. The van der Waals surface area contributed by atoms with Crippen LogP contribution in [0.1, 0.15) is 16.1 Å². The van der Waals surface area contributed by atoms with Gasteiger partial charge in [-0.25, -0.2) is 4.68 Å². The SMILES string of the molecule is Cc1ccc(NC(=O)C(=O)Nn2c(C(=O)Nc3ccc(Cl)cc3Cl)cc3cc(Br)ccc32)cc1Cl. The van der Waals surface area contributed by atoms with E-state index in [-0.39, 0.29) is 10.7 Å². The summed E-state index contributed by atoms with van der Waals surface area (Å²) >= 11 is 21.6. The summed E-state index contributed by atoms with van der Waals surface area (Å²) in [6.07, 6.45) is 0. The van der Waals surface area contributed by atoms with Gasteiger partial charge in [0.05, 0.1) is 16.2 Å². The maximum absolute atomic E-state index is 13.1. The molecule has 0 saturated heterocycles. The molecule has 0 spiro atoms. The Morgan fingerprint density at radius 3 is 2.31 bits per heavy atom. The molecule has 1 heterocycles. The number of aryl methyl sites for hydroxylation is 1. The predicted octanol–water partition coefficient (Wildman–Crippen LogP) is 6.63. The number of hydrogen-bond acceptors (Lipinski definition) is 3. The van der Waals surface area contributed by atoms with E-state index >= 15 is 0 Å². The molecule has 0 atom stereocenters. The fourth-order valence-corrected chi connectivity index (χ4v) is 4.28. The van der Waals surface area contributed by atoms with Crippen LogP contribution in [0.4, 0.5) is 11.4 Å². The summed E-state index contributed by atoms with van der Waals surface area (Å²) in [4.78, 5) is 38.4. The lowest BCUT2D eigenvalue weighted by atomic mass is 10.2. The summed E-state index contributed by atoms with van der Waals surface area (Å²) in [6, 6.07) is 16.3. The number of carbonyl (C=O) groups excluding carboxylic acids is 3. The van der Waals surface area contributed by atoms with Gasteiger partial charge in [0.15, 0.2) is 0 Å². The Kier molecular flexibility index (Phi) is 7.37. The molecule has 0 aliphatic heterocycles. The highest BCUT2D eigenvalue weighted by Crippen LogP contribution is 2.28. The molecule has 1 aromatic heterocycles. The number of nitrogens with one attached hydrogen (secondary N) is 3. The number of aromatic nitrogens is 1. The van der Waals surface area contributed by atoms with Gasteiger partial charge in [-0.1, -0.05) is 56.8 Å². The van der Waals surface area contributed by atoms with E-state index in [0.29, 0.717) is 32.3 Å². The average Bonchev–Trinajstić information content (AvgIpc) is 3.15. The molecule has 7 nitrogen and oxygen atoms in total. The number of benzene rings is 3. The molecule has 4 aromatic rings. The molecule has 0 aliphatic carbocycles. The first-order valence-electron chi connectivity index (χ1n) is 10.1. The van der Waals surface area contributed by atoms with Gasteiger partial charge in [-0.15, -0.1) is 0 Å². The molecule has 0 fully saturated rings. The minimum Gasteiger partial charge on any atom is -0.319 e. The van der Waals surface area contributed by atoms with Crippen LogP contribution in [-0.2, 0) is 9.59 Å². The maximum Gasteiger partial charge on any atom is 0.328 e. The zero-order chi connectivity index (χ0) is 25.3. The van der Waals surface area contributed by atoms with Crippen molar-refractivity contribution in [3.63, 3.8) is 0 Å². The molecule has 0 radical (unpaired) electrons. The molecule has 3 aromatic carbocycles. The minimum absolute atomic E-state index is 0.0728. The van der Waals surface area contributed by atoms with E-state index in [0.717, 1.165) is 10.0 Å². The second-order valence-electron chi connectivity index (χ2n) is 7.51. The Bertz CT molecular complexity index is 1500. The number of amides is 3. The summed E-state index contributed by atoms with van der Waals surface area (Å²) in [5, 5.41) is 6.95. The van der Waals surface area contributed by atoms with E-state index in [4.69, 9.17) is 34.8 Å². The second-order valence-corrected chi connectivity index (χ2v) is 9.67. The molecule has 3 amide bonds. The minimum atomic E-state index is -0.985. The normalized spacial score (nSPS) is 10.8. The van der Waals surface area contributed by atoms with Gasteiger partial charge in [0.25, 0.3) is 5.91 Å². The van der Waals surface area contributed by atoms with Crippen molar-refractivity contribution in [3.8, 4) is 0 Å². The maximum atomic E-state index is 13.1. The van der Waals surface area contributed by atoms with Crippen LogP contribution in [0.15, 0.2) is 65.1 Å². The number of anilines is 2. The number of hydrogen-bond donors (Lipinski definition) is 3. The Hall–Kier alpha value is -3.04. The van der Waals surface area contributed by atoms with E-state index in [2.05, 4.69) is 32.0 Å². The summed E-state index contributed by atoms with van der Waals surface area (Å²) in [7, 11) is 0. The van der Waals surface area contributed by atoms with Crippen molar-refractivity contribution in [2.24, 2.45) is 0 Å². The summed E-state index contributed by atoms with van der Waals surface area (Å²) < 4.78 is 2.01. The molecular weight excluding hydrogens is 579 g/mol. The van der Waals surface area contributed by atoms with Crippen molar-refractivity contribution in [1.29, 1.82) is 0 Å². The number of fused-ring (bicyclic) bond motifs is 1. The van der Waals surface area contributed by atoms with Gasteiger partial charge >= 0.3 is 11.8 Å². The largest absolute Gasteiger partial charge is 0.328 e. The number of rotatable bonds is 4. The van der Waals surface area contributed by atoms with Gasteiger partial charge < -0.3 is 10.6 Å². The summed E-state index contributed by atoms with van der Waals surface area (Å²) in [6.45, 7) is 1.82. The van der Waals surface area contributed by atoms with Crippen molar-refractivity contribution in [2.75, 3.05) is 16.1 Å². The van der Waals surface area contributed by atoms with Crippen molar-refractivity contribution in [1.82, 2.24) is 4.68 Å². The van der Waals surface area contributed by atoms with Crippen LogP contribution in [0.5, 0.6) is 0 Å². The van der Waals surface area contributed by atoms with Gasteiger partial charge in [0.1, 0.15) is 5.69 Å². The van der Waals surface area contributed by atoms with E-state index < -0.39 is 17.7 Å². The number of halogens is 4. The zero-order valence-corrected chi connectivity index (χ0v) is 21.8. The molecule has 11 heteroatoms. The first-order chi connectivity index (χ1) is 16.6. The molecule has 4 rings (SSSR count). The topological polar surface area (TPSA) is 92.2 Å². The fourth-order valence-electron chi connectivity index (χ4n) is 3.26. The summed E-state index contributed by atoms with van der Waals surface area (Å²) in [5.41, 5.74) is 4.59. The Labute approximate surface area is 223 Å². The number of nitrogens with zero attached hydrogens (tertiary/aromatic N) is 1. The van der Waals surface area contributed by atoms with E-state index in [1.54, 1.807) is 54.6 Å². The first-order valence-corrected chi connectivity index (χ1v) is 12.0. The van der Waals surface area contributed by atoms with Crippen molar-refractivity contribution >= 4 is 90.7 Å². The highest BCUT2D eigenvalue weighted by atomic mass is 79.9. The fraction of sp³-hybridized carbons (Fsp3) is 0.0417. The van der Waals surface area contributed by atoms with Gasteiger partial charge in [-0.3, -0.25) is 19.8 Å². The van der Waals surface area contributed by atoms with Crippen molar-refractivity contribution < 1.29 is 14.4 Å². The standard InChI is InChI=1S/C24H16BrCl3N4O3/c1-12-2-5-16(11-17(12)27)29-23(34)24(35)31-32-20-7-3-14(25)8-13(20)9-21(32)22(33)30-19-6-4-15(26)10-18(19)28/h2-11H,1H3,(H,29,34)(H,30,33)(H,31,35). The van der Waals surface area contributed by atoms with Gasteiger partial charge in [0.2, 0.25) is 0 Å². The Morgan fingerprint density at radius 2 is 1.60 bits per heavy atom. The van der Waals surface area contributed by atoms with Crippen molar-refractivity contribution in [3.05, 3.63) is 91.5 Å². The van der Waals surface area contributed by atoms with Crippen LogP contribution in [0.25, 0.3) is 10.9 Å². The van der Waals surface area contributed by atoms with E-state index in [1.165, 1.54) is 10.7 Å².